The molecule has 1 aromatic rings. The summed E-state index contributed by atoms with van der Waals surface area (Å²) in [5, 5.41) is 0. The van der Waals surface area contributed by atoms with Crippen LogP contribution >= 0.6 is 0 Å². The molecule has 3 fully saturated rings. The van der Waals surface area contributed by atoms with Gasteiger partial charge >= 0.3 is 5.91 Å². The van der Waals surface area contributed by atoms with Crippen LogP contribution < -0.4 is 15.4 Å². The fourth-order valence-corrected chi connectivity index (χ4v) is 6.11. The molecule has 0 radical (unpaired) electrons. The zero-order valence-electron chi connectivity index (χ0n) is 23.5. The molecule has 11 nitrogen and oxygen atoms in total. The zero-order chi connectivity index (χ0) is 27.5. The van der Waals surface area contributed by atoms with Gasteiger partial charge in [0, 0.05) is 51.1 Å². The highest BCUT2D eigenvalue weighted by Gasteiger charge is 2.38. The first kappa shape index (κ1) is 27.5. The number of carbonyl (C=O) groups is 2. The Balaban J connectivity index is 1.04. The summed E-state index contributed by atoms with van der Waals surface area (Å²) in [6.45, 7) is 10.7. The number of likely N-dealkylation sites (tertiary alicyclic amines) is 2. The highest BCUT2D eigenvalue weighted by molar-refractivity contribution is 6.44. The van der Waals surface area contributed by atoms with Crippen LogP contribution in [-0.2, 0) is 9.59 Å². The minimum Gasteiger partial charge on any atom is -0.490 e. The van der Waals surface area contributed by atoms with E-state index >= 15 is 0 Å². The maximum Gasteiger partial charge on any atom is 0.314 e. The molecule has 4 aliphatic rings. The first-order chi connectivity index (χ1) is 18.8. The number of nitrogens with two attached hydrogens (primary N) is 1. The monoisotopic (exact) mass is 538 g/mol. The average Bonchev–Trinajstić information content (AvgIpc) is 3.52. The Morgan fingerprint density at radius 3 is 2.41 bits per heavy atom. The van der Waals surface area contributed by atoms with E-state index in [1.54, 1.807) is 12.4 Å². The molecule has 0 aliphatic carbocycles. The van der Waals surface area contributed by atoms with Crippen LogP contribution in [0.3, 0.4) is 0 Å². The molecular formula is C28H42N8O3. The van der Waals surface area contributed by atoms with Crippen LogP contribution in [0.2, 0.25) is 0 Å². The molecule has 3 atom stereocenters. The Morgan fingerprint density at radius 1 is 1.00 bits per heavy atom. The first-order valence-corrected chi connectivity index (χ1v) is 14.5. The maximum absolute atomic E-state index is 12.4. The summed E-state index contributed by atoms with van der Waals surface area (Å²) < 4.78 is 5.98. The molecule has 2 amide bonds. The van der Waals surface area contributed by atoms with E-state index in [0.29, 0.717) is 61.3 Å². The second kappa shape index (κ2) is 12.0. The average molecular weight is 539 g/mol. The van der Waals surface area contributed by atoms with Crippen molar-refractivity contribution in [2.75, 3.05) is 44.2 Å². The SMILES string of the molecule is CC(C)C1=NC(=O)C(N2CCC([C@H](C)CCOc3cnc(N4C[C@H](N)[C@@H](N5CCCCC5=O)C4)nc3)CC2)=N1. The number of nitrogens with zero attached hydrogens (tertiary/aromatic N) is 7. The highest BCUT2D eigenvalue weighted by Crippen LogP contribution is 2.29. The van der Waals surface area contributed by atoms with Crippen molar-refractivity contribution in [3.05, 3.63) is 12.4 Å². The lowest BCUT2D eigenvalue weighted by Crippen LogP contribution is -2.51. The van der Waals surface area contributed by atoms with Gasteiger partial charge in [0.2, 0.25) is 11.9 Å². The van der Waals surface area contributed by atoms with Crippen molar-refractivity contribution in [3.8, 4) is 5.75 Å². The minimum atomic E-state index is -0.198. The van der Waals surface area contributed by atoms with Crippen molar-refractivity contribution in [1.82, 2.24) is 19.8 Å². The van der Waals surface area contributed by atoms with Gasteiger partial charge in [0.1, 0.15) is 5.84 Å². The smallest absolute Gasteiger partial charge is 0.314 e. The lowest BCUT2D eigenvalue weighted by atomic mass is 9.83. The standard InChI is InChI=1S/C28H42N8O3/c1-18(2)25-32-26(27(38)33-25)34-11-7-20(8-12-34)19(3)9-13-39-21-14-30-28(31-15-21)35-16-22(29)23(17-35)36-10-5-4-6-24(36)37/h14-15,18-20,22-23H,4-13,16-17,29H2,1-3H3/t19-,22+,23+/m1/s1. The Bertz CT molecular complexity index is 1100. The maximum atomic E-state index is 12.4. The van der Waals surface area contributed by atoms with Crippen molar-refractivity contribution < 1.29 is 14.3 Å². The molecule has 11 heteroatoms. The van der Waals surface area contributed by atoms with E-state index in [1.807, 2.05) is 18.7 Å². The molecule has 4 aliphatic heterocycles. The number of hydrogen-bond donors (Lipinski definition) is 1. The van der Waals surface area contributed by atoms with Gasteiger partial charge in [-0.15, -0.1) is 0 Å². The summed E-state index contributed by atoms with van der Waals surface area (Å²) in [6, 6.07) is -0.0828. The van der Waals surface area contributed by atoms with Crippen LogP contribution in [0.5, 0.6) is 5.75 Å². The van der Waals surface area contributed by atoms with E-state index in [2.05, 4.69) is 36.7 Å². The van der Waals surface area contributed by atoms with Crippen LogP contribution in [0.4, 0.5) is 5.95 Å². The molecule has 0 spiro atoms. The normalized spacial score (nSPS) is 25.4. The molecular weight excluding hydrogens is 496 g/mol. The molecule has 2 N–H and O–H groups in total. The lowest BCUT2D eigenvalue weighted by molar-refractivity contribution is -0.135. The van der Waals surface area contributed by atoms with E-state index in [4.69, 9.17) is 10.5 Å². The molecule has 39 heavy (non-hydrogen) atoms. The van der Waals surface area contributed by atoms with Crippen LogP contribution in [0, 0.1) is 17.8 Å². The van der Waals surface area contributed by atoms with Gasteiger partial charge in [-0.05, 0) is 43.9 Å². The van der Waals surface area contributed by atoms with Crippen LogP contribution in [0.1, 0.15) is 59.3 Å². The van der Waals surface area contributed by atoms with E-state index in [9.17, 15) is 9.59 Å². The van der Waals surface area contributed by atoms with Gasteiger partial charge in [-0.3, -0.25) is 9.59 Å². The zero-order valence-corrected chi connectivity index (χ0v) is 23.5. The van der Waals surface area contributed by atoms with E-state index in [-0.39, 0.29) is 29.8 Å². The van der Waals surface area contributed by atoms with E-state index in [1.165, 1.54) is 0 Å². The van der Waals surface area contributed by atoms with E-state index < -0.39 is 0 Å². The topological polar surface area (TPSA) is 130 Å². The highest BCUT2D eigenvalue weighted by atomic mass is 16.5. The molecule has 0 aromatic carbocycles. The van der Waals surface area contributed by atoms with Gasteiger partial charge in [-0.1, -0.05) is 20.8 Å². The number of amides is 2. The number of aromatic nitrogens is 2. The number of carbonyl (C=O) groups excluding carboxylic acids is 2. The molecule has 212 valence electrons. The number of aliphatic imine (C=N–C) groups is 2. The quantitative estimate of drug-likeness (QED) is 0.533. The Labute approximate surface area is 230 Å². The van der Waals surface area contributed by atoms with Crippen molar-refractivity contribution in [2.45, 2.75) is 71.4 Å². The van der Waals surface area contributed by atoms with Crippen LogP contribution in [0.25, 0.3) is 0 Å². The first-order valence-electron chi connectivity index (χ1n) is 14.5. The number of amidine groups is 2. The second-order valence-corrected chi connectivity index (χ2v) is 11.7. The minimum absolute atomic E-state index is 0.0168. The second-order valence-electron chi connectivity index (χ2n) is 11.7. The summed E-state index contributed by atoms with van der Waals surface area (Å²) in [6.07, 6.45) is 9.09. The molecule has 5 heterocycles. The molecule has 3 saturated heterocycles. The Hall–Kier alpha value is -3.08. The summed E-state index contributed by atoms with van der Waals surface area (Å²) in [5.41, 5.74) is 6.40. The summed E-state index contributed by atoms with van der Waals surface area (Å²) >= 11 is 0. The number of rotatable bonds is 8. The molecule has 0 saturated carbocycles. The number of piperidine rings is 2. The largest absolute Gasteiger partial charge is 0.490 e. The van der Waals surface area contributed by atoms with Crippen molar-refractivity contribution >= 4 is 29.4 Å². The predicted molar refractivity (Wildman–Crippen MR) is 150 cm³/mol. The molecule has 5 rings (SSSR count). The lowest BCUT2D eigenvalue weighted by Gasteiger charge is -2.35. The molecule has 1 aromatic heterocycles. The fraction of sp³-hybridized carbons (Fsp3) is 0.714. The summed E-state index contributed by atoms with van der Waals surface area (Å²) in [4.78, 5) is 48.4. The van der Waals surface area contributed by atoms with Gasteiger partial charge in [-0.2, -0.15) is 4.99 Å². The van der Waals surface area contributed by atoms with Gasteiger partial charge in [0.25, 0.3) is 0 Å². The Kier molecular flexibility index (Phi) is 8.44. The van der Waals surface area contributed by atoms with Crippen LogP contribution in [0.15, 0.2) is 22.4 Å². The van der Waals surface area contributed by atoms with Crippen molar-refractivity contribution in [1.29, 1.82) is 0 Å². The van der Waals surface area contributed by atoms with Gasteiger partial charge in [-0.25, -0.2) is 15.0 Å². The van der Waals surface area contributed by atoms with Gasteiger partial charge in [0.05, 0.1) is 25.0 Å². The molecule has 0 bridgehead atoms. The number of ether oxygens (including phenoxy) is 1. The summed E-state index contributed by atoms with van der Waals surface area (Å²) in [7, 11) is 0. The third-order valence-corrected chi connectivity index (χ3v) is 8.62. The van der Waals surface area contributed by atoms with Gasteiger partial charge in [0.15, 0.2) is 11.6 Å². The molecule has 0 unspecified atom stereocenters. The van der Waals surface area contributed by atoms with Gasteiger partial charge < -0.3 is 25.2 Å². The Morgan fingerprint density at radius 2 is 1.74 bits per heavy atom. The fourth-order valence-electron chi connectivity index (χ4n) is 6.11. The third kappa shape index (κ3) is 6.23. The third-order valence-electron chi connectivity index (χ3n) is 8.62. The van der Waals surface area contributed by atoms with Crippen molar-refractivity contribution in [2.24, 2.45) is 33.5 Å². The van der Waals surface area contributed by atoms with Crippen LogP contribution in [-0.4, -0.2) is 94.7 Å². The number of hydrogen-bond acceptors (Lipinski definition) is 9. The van der Waals surface area contributed by atoms with E-state index in [0.717, 1.165) is 51.7 Å². The summed E-state index contributed by atoms with van der Waals surface area (Å²) in [5.74, 6) is 3.71. The predicted octanol–water partition coefficient (Wildman–Crippen LogP) is 2.12. The number of anilines is 1. The van der Waals surface area contributed by atoms with Crippen molar-refractivity contribution in [3.63, 3.8) is 0 Å².